The third kappa shape index (κ3) is 4.54. The molecule has 0 heterocycles. The Morgan fingerprint density at radius 3 is 2.41 bits per heavy atom. The van der Waals surface area contributed by atoms with Crippen LogP contribution >= 0.6 is 0 Å². The van der Waals surface area contributed by atoms with Crippen LogP contribution in [-0.2, 0) is 20.6 Å². The minimum absolute atomic E-state index is 0.211. The summed E-state index contributed by atoms with van der Waals surface area (Å²) in [4.78, 5) is 10.7. The molecular formula is C11H15NO4S. The standard InChI is InChI=1S/C11H15NO4S/c1-2-10(11(13)14)12-17(15,16)8-9-6-4-3-5-7-9/h3-7,10,12H,2,8H2,1H3,(H,13,14)/t10-/m0/s1. The van der Waals surface area contributed by atoms with E-state index in [9.17, 15) is 13.2 Å². The number of hydrogen-bond donors (Lipinski definition) is 2. The number of benzene rings is 1. The van der Waals surface area contributed by atoms with Crippen molar-refractivity contribution in [3.63, 3.8) is 0 Å². The monoisotopic (exact) mass is 257 g/mol. The van der Waals surface area contributed by atoms with Crippen molar-refractivity contribution in [1.29, 1.82) is 0 Å². The average Bonchev–Trinajstić information content (AvgIpc) is 2.26. The number of carbonyl (C=O) groups is 1. The van der Waals surface area contributed by atoms with E-state index in [0.29, 0.717) is 5.56 Å². The molecule has 2 N–H and O–H groups in total. The van der Waals surface area contributed by atoms with Gasteiger partial charge in [0.2, 0.25) is 10.0 Å². The molecular weight excluding hydrogens is 242 g/mol. The second kappa shape index (κ2) is 5.79. The van der Waals surface area contributed by atoms with Crippen molar-refractivity contribution in [1.82, 2.24) is 4.72 Å². The fourth-order valence-electron chi connectivity index (χ4n) is 1.36. The lowest BCUT2D eigenvalue weighted by Gasteiger charge is -2.12. The molecule has 0 bridgehead atoms. The molecule has 0 fully saturated rings. The molecule has 1 aromatic carbocycles. The number of hydrogen-bond acceptors (Lipinski definition) is 3. The second-order valence-electron chi connectivity index (χ2n) is 3.66. The molecule has 0 spiro atoms. The van der Waals surface area contributed by atoms with Gasteiger partial charge in [0.25, 0.3) is 0 Å². The van der Waals surface area contributed by atoms with Crippen LogP contribution in [0.3, 0.4) is 0 Å². The zero-order chi connectivity index (χ0) is 12.9. The second-order valence-corrected chi connectivity index (χ2v) is 5.42. The Hall–Kier alpha value is -1.40. The van der Waals surface area contributed by atoms with Crippen molar-refractivity contribution in [2.45, 2.75) is 25.1 Å². The summed E-state index contributed by atoms with van der Waals surface area (Å²) in [6.07, 6.45) is 0.212. The van der Waals surface area contributed by atoms with Gasteiger partial charge >= 0.3 is 5.97 Å². The molecule has 5 nitrogen and oxygen atoms in total. The molecule has 0 aliphatic carbocycles. The molecule has 17 heavy (non-hydrogen) atoms. The van der Waals surface area contributed by atoms with Crippen LogP contribution in [0.1, 0.15) is 18.9 Å². The maximum Gasteiger partial charge on any atom is 0.321 e. The maximum atomic E-state index is 11.7. The van der Waals surface area contributed by atoms with Crippen molar-refractivity contribution >= 4 is 16.0 Å². The van der Waals surface area contributed by atoms with Crippen LogP contribution in [0, 0.1) is 0 Å². The highest BCUT2D eigenvalue weighted by Gasteiger charge is 2.22. The van der Waals surface area contributed by atoms with E-state index in [0.717, 1.165) is 0 Å². The van der Waals surface area contributed by atoms with Gasteiger partial charge in [0.15, 0.2) is 0 Å². The summed E-state index contributed by atoms with van der Waals surface area (Å²) in [6, 6.07) is 7.56. The first-order chi connectivity index (χ1) is 7.94. The fourth-order valence-corrected chi connectivity index (χ4v) is 2.78. The predicted octanol–water partition coefficient (Wildman–Crippen LogP) is 0.969. The third-order valence-corrected chi connectivity index (χ3v) is 3.58. The van der Waals surface area contributed by atoms with Crippen molar-refractivity contribution in [3.05, 3.63) is 35.9 Å². The van der Waals surface area contributed by atoms with Gasteiger partial charge in [-0.2, -0.15) is 0 Å². The normalized spacial score (nSPS) is 13.2. The van der Waals surface area contributed by atoms with Gasteiger partial charge in [-0.1, -0.05) is 37.3 Å². The van der Waals surface area contributed by atoms with Crippen LogP contribution in [0.4, 0.5) is 0 Å². The average molecular weight is 257 g/mol. The van der Waals surface area contributed by atoms with E-state index in [1.807, 2.05) is 0 Å². The minimum atomic E-state index is -3.62. The maximum absolute atomic E-state index is 11.7. The van der Waals surface area contributed by atoms with Gasteiger partial charge in [-0.25, -0.2) is 13.1 Å². The quantitative estimate of drug-likeness (QED) is 0.795. The first-order valence-corrected chi connectivity index (χ1v) is 6.86. The first-order valence-electron chi connectivity index (χ1n) is 5.21. The molecule has 0 saturated carbocycles. The molecule has 0 aliphatic heterocycles. The summed E-state index contributed by atoms with van der Waals surface area (Å²) in [5.74, 6) is -1.37. The number of rotatable bonds is 6. The van der Waals surface area contributed by atoms with Gasteiger partial charge in [0.05, 0.1) is 5.75 Å². The molecule has 0 unspecified atom stereocenters. The highest BCUT2D eigenvalue weighted by Crippen LogP contribution is 2.05. The van der Waals surface area contributed by atoms with Gasteiger partial charge < -0.3 is 5.11 Å². The summed E-state index contributed by atoms with van der Waals surface area (Å²) in [5.41, 5.74) is 0.625. The number of carboxylic acid groups (broad SMARTS) is 1. The van der Waals surface area contributed by atoms with E-state index in [1.54, 1.807) is 37.3 Å². The number of nitrogens with one attached hydrogen (secondary N) is 1. The molecule has 94 valence electrons. The molecule has 0 amide bonds. The molecule has 0 aromatic heterocycles. The SMILES string of the molecule is CC[C@H](NS(=O)(=O)Cc1ccccc1)C(=O)O. The zero-order valence-electron chi connectivity index (χ0n) is 9.46. The lowest BCUT2D eigenvalue weighted by Crippen LogP contribution is -2.40. The summed E-state index contributed by atoms with van der Waals surface area (Å²) in [7, 11) is -3.62. The number of carboxylic acids is 1. The molecule has 1 aromatic rings. The summed E-state index contributed by atoms with van der Waals surface area (Å²) >= 11 is 0. The summed E-state index contributed by atoms with van der Waals surface area (Å²) in [5, 5.41) is 8.78. The van der Waals surface area contributed by atoms with Crippen molar-refractivity contribution < 1.29 is 18.3 Å². The van der Waals surface area contributed by atoms with Crippen LogP contribution in [-0.4, -0.2) is 25.5 Å². The van der Waals surface area contributed by atoms with E-state index in [4.69, 9.17) is 5.11 Å². The lowest BCUT2D eigenvalue weighted by molar-refractivity contribution is -0.139. The van der Waals surface area contributed by atoms with Gasteiger partial charge in [-0.3, -0.25) is 4.79 Å². The Labute approximate surface area is 101 Å². The minimum Gasteiger partial charge on any atom is -0.480 e. The van der Waals surface area contributed by atoms with E-state index in [2.05, 4.69) is 4.72 Å². The van der Waals surface area contributed by atoms with Gasteiger partial charge in [0.1, 0.15) is 6.04 Å². The van der Waals surface area contributed by atoms with E-state index >= 15 is 0 Å². The fraction of sp³-hybridized carbons (Fsp3) is 0.364. The first kappa shape index (κ1) is 13.7. The van der Waals surface area contributed by atoms with Crippen LogP contribution in [0.15, 0.2) is 30.3 Å². The molecule has 1 atom stereocenters. The number of sulfonamides is 1. The van der Waals surface area contributed by atoms with Crippen molar-refractivity contribution in [3.8, 4) is 0 Å². The molecule has 6 heteroatoms. The topological polar surface area (TPSA) is 83.5 Å². The molecule has 0 radical (unpaired) electrons. The molecule has 0 saturated heterocycles. The van der Waals surface area contributed by atoms with Crippen LogP contribution in [0.2, 0.25) is 0 Å². The Balaban J connectivity index is 2.73. The van der Waals surface area contributed by atoms with E-state index in [1.165, 1.54) is 0 Å². The Morgan fingerprint density at radius 1 is 1.35 bits per heavy atom. The third-order valence-electron chi connectivity index (χ3n) is 2.23. The largest absolute Gasteiger partial charge is 0.480 e. The van der Waals surface area contributed by atoms with Crippen LogP contribution in [0.25, 0.3) is 0 Å². The molecule has 0 aliphatic rings. The molecule has 1 rings (SSSR count). The number of aliphatic carboxylic acids is 1. The van der Waals surface area contributed by atoms with Gasteiger partial charge in [-0.15, -0.1) is 0 Å². The van der Waals surface area contributed by atoms with Crippen LogP contribution in [0.5, 0.6) is 0 Å². The Morgan fingerprint density at radius 2 is 1.94 bits per heavy atom. The van der Waals surface area contributed by atoms with Crippen molar-refractivity contribution in [2.24, 2.45) is 0 Å². The predicted molar refractivity (Wildman–Crippen MR) is 63.9 cm³/mol. The van der Waals surface area contributed by atoms with E-state index in [-0.39, 0.29) is 12.2 Å². The smallest absolute Gasteiger partial charge is 0.321 e. The summed E-state index contributed by atoms with van der Waals surface area (Å²) in [6.45, 7) is 1.61. The highest BCUT2D eigenvalue weighted by molar-refractivity contribution is 7.88. The van der Waals surface area contributed by atoms with Crippen molar-refractivity contribution in [2.75, 3.05) is 0 Å². The Kier molecular flexibility index (Phi) is 4.65. The lowest BCUT2D eigenvalue weighted by atomic mass is 10.2. The van der Waals surface area contributed by atoms with Gasteiger partial charge in [-0.05, 0) is 12.0 Å². The highest BCUT2D eigenvalue weighted by atomic mass is 32.2. The Bertz CT molecular complexity index is 470. The van der Waals surface area contributed by atoms with Crippen LogP contribution < -0.4 is 4.72 Å². The van der Waals surface area contributed by atoms with E-state index < -0.39 is 22.0 Å². The van der Waals surface area contributed by atoms with Gasteiger partial charge in [0, 0.05) is 0 Å². The summed E-state index contributed by atoms with van der Waals surface area (Å²) < 4.78 is 25.6. The zero-order valence-corrected chi connectivity index (χ0v) is 10.3.